The lowest BCUT2D eigenvalue weighted by Gasteiger charge is -2.33. The minimum atomic E-state index is -0.683. The number of carbonyl (C=O) groups is 2. The third-order valence-corrected chi connectivity index (χ3v) is 8.47. The molecule has 0 aliphatic carbocycles. The first-order valence-electron chi connectivity index (χ1n) is 15.8. The van der Waals surface area contributed by atoms with E-state index < -0.39 is 11.9 Å². The van der Waals surface area contributed by atoms with Gasteiger partial charge in [0.2, 0.25) is 0 Å². The second-order valence-corrected chi connectivity index (χ2v) is 11.5. The van der Waals surface area contributed by atoms with Crippen LogP contribution in [0.15, 0.2) is 0 Å². The van der Waals surface area contributed by atoms with Crippen LogP contribution in [0.25, 0.3) is 0 Å². The normalized spacial score (nSPS) is 14.9. The maximum absolute atomic E-state index is 11.5. The molecule has 0 saturated heterocycles. The number of carboxylic acid groups (broad SMARTS) is 2. The fourth-order valence-corrected chi connectivity index (χ4v) is 5.97. The van der Waals surface area contributed by atoms with Crippen molar-refractivity contribution in [2.24, 2.45) is 23.7 Å². The highest BCUT2D eigenvalue weighted by molar-refractivity contribution is 5.66. The van der Waals surface area contributed by atoms with Crippen molar-refractivity contribution in [3.63, 3.8) is 0 Å². The number of hydrogen-bond acceptors (Lipinski definition) is 2. The van der Waals surface area contributed by atoms with Crippen molar-refractivity contribution in [1.29, 1.82) is 0 Å². The standard InChI is InChI=1S/C32H62O4/c1-5-9-19-27(7-3)25-30(26-28(8-4)20-10-6-2)29(23-24-32(35)36)21-17-15-13-11-12-14-16-18-22-31(33)34/h27-30H,5-26H2,1-4H3,(H,33,34)(H,35,36). The van der Waals surface area contributed by atoms with Crippen molar-refractivity contribution in [3.05, 3.63) is 0 Å². The zero-order chi connectivity index (χ0) is 27.0. The molecule has 0 aromatic heterocycles. The van der Waals surface area contributed by atoms with E-state index in [-0.39, 0.29) is 0 Å². The molecule has 0 fully saturated rings. The molecule has 0 bridgehead atoms. The van der Waals surface area contributed by atoms with Gasteiger partial charge in [-0.15, -0.1) is 0 Å². The first kappa shape index (κ1) is 34.9. The molecular weight excluding hydrogens is 448 g/mol. The second kappa shape index (κ2) is 24.3. The summed E-state index contributed by atoms with van der Waals surface area (Å²) in [7, 11) is 0. The minimum Gasteiger partial charge on any atom is -0.481 e. The molecule has 0 spiro atoms. The molecule has 0 saturated carbocycles. The van der Waals surface area contributed by atoms with E-state index in [0.29, 0.717) is 24.7 Å². The van der Waals surface area contributed by atoms with E-state index >= 15 is 0 Å². The molecule has 4 heteroatoms. The van der Waals surface area contributed by atoms with E-state index in [1.807, 2.05) is 0 Å². The van der Waals surface area contributed by atoms with E-state index in [9.17, 15) is 14.7 Å². The van der Waals surface area contributed by atoms with Gasteiger partial charge < -0.3 is 10.2 Å². The van der Waals surface area contributed by atoms with Gasteiger partial charge in [-0.25, -0.2) is 0 Å². The monoisotopic (exact) mass is 510 g/mol. The Morgan fingerprint density at radius 3 is 1.36 bits per heavy atom. The van der Waals surface area contributed by atoms with Crippen molar-refractivity contribution in [2.45, 2.75) is 169 Å². The molecule has 0 heterocycles. The van der Waals surface area contributed by atoms with Gasteiger partial charge in [-0.05, 0) is 49.4 Å². The maximum Gasteiger partial charge on any atom is 0.303 e. The van der Waals surface area contributed by atoms with E-state index in [1.165, 1.54) is 103 Å². The molecule has 0 amide bonds. The molecule has 0 rings (SSSR count). The first-order valence-corrected chi connectivity index (χ1v) is 15.8. The lowest BCUT2D eigenvalue weighted by molar-refractivity contribution is -0.138. The van der Waals surface area contributed by atoms with Crippen LogP contribution < -0.4 is 0 Å². The Kier molecular flexibility index (Phi) is 23.6. The predicted octanol–water partition coefficient (Wildman–Crippen LogP) is 10.3. The van der Waals surface area contributed by atoms with Crippen LogP contribution in [0.1, 0.15) is 169 Å². The molecule has 4 nitrogen and oxygen atoms in total. The van der Waals surface area contributed by atoms with Crippen molar-refractivity contribution >= 4 is 11.9 Å². The quantitative estimate of drug-likeness (QED) is 0.108. The Morgan fingerprint density at radius 2 is 0.944 bits per heavy atom. The fraction of sp³-hybridized carbons (Fsp3) is 0.938. The Hall–Kier alpha value is -1.06. The number of rotatable bonds is 27. The van der Waals surface area contributed by atoms with E-state index in [2.05, 4.69) is 27.7 Å². The molecule has 0 aromatic rings. The third kappa shape index (κ3) is 20.0. The molecule has 3 unspecified atom stereocenters. The smallest absolute Gasteiger partial charge is 0.303 e. The van der Waals surface area contributed by atoms with Gasteiger partial charge in [0.05, 0.1) is 0 Å². The highest BCUT2D eigenvalue weighted by atomic mass is 16.4. The van der Waals surface area contributed by atoms with Gasteiger partial charge in [0.1, 0.15) is 0 Å². The summed E-state index contributed by atoms with van der Waals surface area (Å²) in [5.74, 6) is 1.46. The Bertz CT molecular complexity index is 500. The molecule has 0 aromatic carbocycles. The zero-order valence-corrected chi connectivity index (χ0v) is 24.6. The summed E-state index contributed by atoms with van der Waals surface area (Å²) in [5, 5.41) is 18.2. The van der Waals surface area contributed by atoms with Gasteiger partial charge in [-0.2, -0.15) is 0 Å². The second-order valence-electron chi connectivity index (χ2n) is 11.5. The number of hydrogen-bond donors (Lipinski definition) is 2. The zero-order valence-electron chi connectivity index (χ0n) is 24.6. The molecule has 0 aliphatic heterocycles. The lowest BCUT2D eigenvalue weighted by Crippen LogP contribution is -2.23. The van der Waals surface area contributed by atoms with Crippen LogP contribution in [0.5, 0.6) is 0 Å². The van der Waals surface area contributed by atoms with Gasteiger partial charge in [0.25, 0.3) is 0 Å². The molecular formula is C32H62O4. The van der Waals surface area contributed by atoms with Gasteiger partial charge >= 0.3 is 11.9 Å². The lowest BCUT2D eigenvalue weighted by atomic mass is 9.72. The SMILES string of the molecule is CCCCC(CC)CC(CC(CC)CCCC)C(CCCCCCCCCCC(=O)O)CCC(=O)O. The molecule has 2 N–H and O–H groups in total. The number of unbranched alkanes of at least 4 members (excludes halogenated alkanes) is 9. The van der Waals surface area contributed by atoms with Gasteiger partial charge in [0.15, 0.2) is 0 Å². The Morgan fingerprint density at radius 1 is 0.500 bits per heavy atom. The van der Waals surface area contributed by atoms with E-state index in [1.54, 1.807) is 0 Å². The third-order valence-electron chi connectivity index (χ3n) is 8.47. The highest BCUT2D eigenvalue weighted by Gasteiger charge is 2.27. The van der Waals surface area contributed by atoms with Crippen LogP contribution in [0.2, 0.25) is 0 Å². The van der Waals surface area contributed by atoms with Crippen LogP contribution in [-0.4, -0.2) is 22.2 Å². The Labute approximate surface area is 224 Å². The van der Waals surface area contributed by atoms with Gasteiger partial charge in [0, 0.05) is 12.8 Å². The van der Waals surface area contributed by atoms with Crippen LogP contribution in [0.4, 0.5) is 0 Å². The van der Waals surface area contributed by atoms with Crippen molar-refractivity contribution in [1.82, 2.24) is 0 Å². The summed E-state index contributed by atoms with van der Waals surface area (Å²) in [4.78, 5) is 22.1. The number of carboxylic acids is 2. The fourth-order valence-electron chi connectivity index (χ4n) is 5.97. The molecule has 0 aliphatic rings. The summed E-state index contributed by atoms with van der Waals surface area (Å²) in [6.45, 7) is 9.26. The average molecular weight is 511 g/mol. The average Bonchev–Trinajstić information content (AvgIpc) is 2.85. The molecule has 3 atom stereocenters. The largest absolute Gasteiger partial charge is 0.481 e. The molecule has 214 valence electrons. The summed E-state index contributed by atoms with van der Waals surface area (Å²) in [6.07, 6.45) is 24.7. The van der Waals surface area contributed by atoms with Crippen LogP contribution in [0, 0.1) is 23.7 Å². The van der Waals surface area contributed by atoms with Crippen LogP contribution in [-0.2, 0) is 9.59 Å². The summed E-state index contributed by atoms with van der Waals surface area (Å²) >= 11 is 0. The highest BCUT2D eigenvalue weighted by Crippen LogP contribution is 2.38. The van der Waals surface area contributed by atoms with Gasteiger partial charge in [-0.3, -0.25) is 9.59 Å². The van der Waals surface area contributed by atoms with Crippen molar-refractivity contribution < 1.29 is 19.8 Å². The van der Waals surface area contributed by atoms with Crippen LogP contribution in [0.3, 0.4) is 0 Å². The summed E-state index contributed by atoms with van der Waals surface area (Å²) < 4.78 is 0. The number of aliphatic carboxylic acids is 2. The summed E-state index contributed by atoms with van der Waals surface area (Å²) in [5.41, 5.74) is 0. The van der Waals surface area contributed by atoms with Crippen LogP contribution >= 0.6 is 0 Å². The summed E-state index contributed by atoms with van der Waals surface area (Å²) in [6, 6.07) is 0. The van der Waals surface area contributed by atoms with E-state index in [0.717, 1.165) is 37.5 Å². The molecule has 36 heavy (non-hydrogen) atoms. The van der Waals surface area contributed by atoms with Gasteiger partial charge in [-0.1, -0.05) is 130 Å². The van der Waals surface area contributed by atoms with Crippen molar-refractivity contribution in [2.75, 3.05) is 0 Å². The molecule has 0 radical (unpaired) electrons. The predicted molar refractivity (Wildman–Crippen MR) is 154 cm³/mol. The first-order chi connectivity index (χ1) is 17.4. The maximum atomic E-state index is 11.5. The topological polar surface area (TPSA) is 74.6 Å². The van der Waals surface area contributed by atoms with Crippen molar-refractivity contribution in [3.8, 4) is 0 Å². The Balaban J connectivity index is 4.94. The minimum absolute atomic E-state index is 0.299. The van der Waals surface area contributed by atoms with E-state index in [4.69, 9.17) is 5.11 Å².